The molecule has 1 aromatic heterocycles. The zero-order valence-corrected chi connectivity index (χ0v) is 19.2. The Hall–Kier alpha value is -2.63. The Morgan fingerprint density at radius 1 is 0.867 bits per heavy atom. The van der Waals surface area contributed by atoms with Crippen LogP contribution in [0.5, 0.6) is 5.75 Å². The molecule has 4 aromatic rings. The number of hydrogen-bond donors (Lipinski definition) is 0. The number of allylic oxidation sites excluding steroid dienone is 1. The molecule has 0 radical (unpaired) electrons. The van der Waals surface area contributed by atoms with E-state index in [1.807, 2.05) is 79.7 Å². The Bertz CT molecular complexity index is 1350. The van der Waals surface area contributed by atoms with E-state index in [0.29, 0.717) is 16.9 Å². The summed E-state index contributed by atoms with van der Waals surface area (Å²) in [7, 11) is 0. The summed E-state index contributed by atoms with van der Waals surface area (Å²) in [6, 6.07) is 21.7. The molecule has 1 atom stereocenters. The van der Waals surface area contributed by atoms with Crippen molar-refractivity contribution in [1.82, 2.24) is 0 Å². The molecule has 3 nitrogen and oxygen atoms in total. The number of halogens is 2. The van der Waals surface area contributed by atoms with Gasteiger partial charge in [-0.15, -0.1) is 0 Å². The van der Waals surface area contributed by atoms with E-state index in [0.717, 1.165) is 36.8 Å². The Balaban J connectivity index is 1.79. The van der Waals surface area contributed by atoms with Crippen molar-refractivity contribution in [3.05, 3.63) is 114 Å². The van der Waals surface area contributed by atoms with E-state index < -0.39 is 0 Å². The molecule has 0 bridgehead atoms. The molecule has 0 amide bonds. The second-order valence-electron chi connectivity index (χ2n) is 7.30. The lowest BCUT2D eigenvalue weighted by Crippen LogP contribution is -2.19. The summed E-state index contributed by atoms with van der Waals surface area (Å²) in [4.78, 5) is 13.0. The lowest BCUT2D eigenvalue weighted by molar-refractivity contribution is 0.472. The monoisotopic (exact) mass is 522 g/mol. The molecule has 30 heavy (non-hydrogen) atoms. The number of hydrogen-bond acceptors (Lipinski definition) is 3. The standard InChI is InChI=1S/C25H16Br2O3/c1-14-2-11-21-20(12-14)24-23(25(28)30-21)19(15-3-7-17(26)8-4-15)13-22(29-24)16-5-9-18(27)10-6-16/h2-13,19H,1H3. The van der Waals surface area contributed by atoms with E-state index in [2.05, 4.69) is 31.9 Å². The van der Waals surface area contributed by atoms with Crippen LogP contribution in [0, 0.1) is 6.92 Å². The van der Waals surface area contributed by atoms with Crippen molar-refractivity contribution in [1.29, 1.82) is 0 Å². The van der Waals surface area contributed by atoms with Crippen molar-refractivity contribution >= 4 is 48.6 Å². The lowest BCUT2D eigenvalue weighted by atomic mass is 9.88. The SMILES string of the molecule is Cc1ccc2oc(=O)c3c(c2c1)OC(c1ccc(Br)cc1)=CC3c1ccc(Br)cc1. The Morgan fingerprint density at radius 2 is 1.53 bits per heavy atom. The van der Waals surface area contributed by atoms with Gasteiger partial charge in [0, 0.05) is 20.4 Å². The zero-order valence-electron chi connectivity index (χ0n) is 16.0. The van der Waals surface area contributed by atoms with Crippen LogP contribution in [0.15, 0.2) is 91.0 Å². The van der Waals surface area contributed by atoms with Gasteiger partial charge >= 0.3 is 5.63 Å². The van der Waals surface area contributed by atoms with E-state index in [9.17, 15) is 4.79 Å². The molecule has 5 heteroatoms. The predicted octanol–water partition coefficient (Wildman–Crippen LogP) is 7.19. The normalized spacial score (nSPS) is 15.4. The molecule has 0 saturated carbocycles. The first-order valence-electron chi connectivity index (χ1n) is 9.48. The van der Waals surface area contributed by atoms with E-state index in [4.69, 9.17) is 9.15 Å². The molecular weight excluding hydrogens is 508 g/mol. The average molecular weight is 524 g/mol. The Labute approximate surface area is 190 Å². The second kappa shape index (κ2) is 7.56. The number of ether oxygens (including phenoxy) is 1. The van der Waals surface area contributed by atoms with Gasteiger partial charge in [0.25, 0.3) is 0 Å². The van der Waals surface area contributed by atoms with Gasteiger partial charge in [0.15, 0.2) is 0 Å². The van der Waals surface area contributed by atoms with E-state index in [1.165, 1.54) is 0 Å². The van der Waals surface area contributed by atoms with Gasteiger partial charge in [0.2, 0.25) is 0 Å². The molecule has 2 heterocycles. The van der Waals surface area contributed by atoms with Crippen LogP contribution in [-0.4, -0.2) is 0 Å². The summed E-state index contributed by atoms with van der Waals surface area (Å²) < 4.78 is 14.0. The number of aryl methyl sites for hydroxylation is 1. The van der Waals surface area contributed by atoms with Crippen molar-refractivity contribution in [3.8, 4) is 5.75 Å². The molecule has 0 aliphatic carbocycles. The second-order valence-corrected chi connectivity index (χ2v) is 9.13. The van der Waals surface area contributed by atoms with Gasteiger partial charge < -0.3 is 9.15 Å². The maximum absolute atomic E-state index is 13.0. The smallest absolute Gasteiger partial charge is 0.344 e. The fourth-order valence-corrected chi connectivity index (χ4v) is 4.29. The maximum atomic E-state index is 13.0. The van der Waals surface area contributed by atoms with Crippen LogP contribution in [0.1, 0.15) is 28.2 Å². The molecule has 0 fully saturated rings. The number of benzene rings is 3. The van der Waals surface area contributed by atoms with Crippen molar-refractivity contribution in [3.63, 3.8) is 0 Å². The van der Waals surface area contributed by atoms with Crippen molar-refractivity contribution < 1.29 is 9.15 Å². The number of rotatable bonds is 2. The fourth-order valence-electron chi connectivity index (χ4n) is 3.76. The molecule has 148 valence electrons. The molecule has 0 saturated heterocycles. The topological polar surface area (TPSA) is 39.4 Å². The minimum atomic E-state index is -0.375. The minimum Gasteiger partial charge on any atom is -0.456 e. The third kappa shape index (κ3) is 3.42. The van der Waals surface area contributed by atoms with Gasteiger partial charge in [0.1, 0.15) is 17.1 Å². The van der Waals surface area contributed by atoms with Crippen LogP contribution in [-0.2, 0) is 0 Å². The molecular formula is C25H16Br2O3. The zero-order chi connectivity index (χ0) is 20.8. The molecule has 0 spiro atoms. The molecule has 1 unspecified atom stereocenters. The summed E-state index contributed by atoms with van der Waals surface area (Å²) in [6.07, 6.45) is 1.99. The van der Waals surface area contributed by atoms with Crippen LogP contribution >= 0.6 is 31.9 Å². The van der Waals surface area contributed by atoms with E-state index >= 15 is 0 Å². The third-order valence-electron chi connectivity index (χ3n) is 5.25. The van der Waals surface area contributed by atoms with E-state index in [1.54, 1.807) is 0 Å². The molecule has 1 aliphatic rings. The lowest BCUT2D eigenvalue weighted by Gasteiger charge is -2.25. The summed E-state index contributed by atoms with van der Waals surface area (Å²) >= 11 is 6.97. The minimum absolute atomic E-state index is 0.276. The predicted molar refractivity (Wildman–Crippen MR) is 126 cm³/mol. The van der Waals surface area contributed by atoms with Gasteiger partial charge in [-0.25, -0.2) is 4.79 Å². The van der Waals surface area contributed by atoms with Gasteiger partial charge in [-0.2, -0.15) is 0 Å². The van der Waals surface area contributed by atoms with Crippen LogP contribution in [0.3, 0.4) is 0 Å². The maximum Gasteiger partial charge on any atom is 0.344 e. The Kier molecular flexibility index (Phi) is 4.88. The summed E-state index contributed by atoms with van der Waals surface area (Å²) in [5, 5.41) is 0.800. The van der Waals surface area contributed by atoms with Crippen molar-refractivity contribution in [2.45, 2.75) is 12.8 Å². The highest BCUT2D eigenvalue weighted by molar-refractivity contribution is 9.10. The van der Waals surface area contributed by atoms with Crippen molar-refractivity contribution in [2.24, 2.45) is 0 Å². The van der Waals surface area contributed by atoms with Gasteiger partial charge in [-0.1, -0.05) is 67.8 Å². The van der Waals surface area contributed by atoms with Gasteiger partial charge in [0.05, 0.1) is 10.9 Å². The summed E-state index contributed by atoms with van der Waals surface area (Å²) in [5.41, 5.74) is 3.69. The van der Waals surface area contributed by atoms with Crippen LogP contribution < -0.4 is 10.4 Å². The third-order valence-corrected chi connectivity index (χ3v) is 6.30. The largest absolute Gasteiger partial charge is 0.456 e. The van der Waals surface area contributed by atoms with Crippen LogP contribution in [0.4, 0.5) is 0 Å². The highest BCUT2D eigenvalue weighted by atomic mass is 79.9. The molecule has 3 aromatic carbocycles. The van der Waals surface area contributed by atoms with E-state index in [-0.39, 0.29) is 11.5 Å². The van der Waals surface area contributed by atoms with Crippen LogP contribution in [0.25, 0.3) is 16.7 Å². The molecule has 5 rings (SSSR count). The van der Waals surface area contributed by atoms with Crippen LogP contribution in [0.2, 0.25) is 0 Å². The highest BCUT2D eigenvalue weighted by Gasteiger charge is 2.30. The first-order chi connectivity index (χ1) is 14.5. The summed E-state index contributed by atoms with van der Waals surface area (Å²) in [5.74, 6) is 1.01. The van der Waals surface area contributed by atoms with Crippen molar-refractivity contribution in [2.75, 3.05) is 0 Å². The fraction of sp³-hybridized carbons (Fsp3) is 0.0800. The Morgan fingerprint density at radius 3 is 2.23 bits per heavy atom. The van der Waals surface area contributed by atoms with Gasteiger partial charge in [-0.3, -0.25) is 0 Å². The van der Waals surface area contributed by atoms with Gasteiger partial charge in [-0.05, 0) is 55.0 Å². The average Bonchev–Trinajstić information content (AvgIpc) is 2.75. The first-order valence-corrected chi connectivity index (χ1v) is 11.1. The number of fused-ring (bicyclic) bond motifs is 3. The molecule has 1 aliphatic heterocycles. The summed E-state index contributed by atoms with van der Waals surface area (Å²) in [6.45, 7) is 2.01. The quantitative estimate of drug-likeness (QED) is 0.261. The molecule has 0 N–H and O–H groups in total. The highest BCUT2D eigenvalue weighted by Crippen LogP contribution is 2.43. The first kappa shape index (κ1) is 19.3.